The molecular weight excluding hydrogens is 266 g/mol. The van der Waals surface area contributed by atoms with E-state index in [2.05, 4.69) is 20.8 Å². The van der Waals surface area contributed by atoms with Gasteiger partial charge < -0.3 is 10.6 Å². The lowest BCUT2D eigenvalue weighted by molar-refractivity contribution is 0.0947. The zero-order chi connectivity index (χ0) is 14.5. The van der Waals surface area contributed by atoms with Crippen LogP contribution in [0.3, 0.4) is 0 Å². The fourth-order valence-corrected chi connectivity index (χ4v) is 2.51. The molecule has 1 saturated heterocycles. The number of hydrogen-bond acceptors (Lipinski definition) is 4. The van der Waals surface area contributed by atoms with E-state index in [1.54, 1.807) is 0 Å². The normalized spacial score (nSPS) is 17.8. The summed E-state index contributed by atoms with van der Waals surface area (Å²) in [6, 6.07) is 10.1. The summed E-state index contributed by atoms with van der Waals surface area (Å²) in [5.74, 6) is -0.171. The molecule has 2 heterocycles. The first-order valence-electron chi connectivity index (χ1n) is 7.32. The minimum absolute atomic E-state index is 0.171. The highest BCUT2D eigenvalue weighted by atomic mass is 16.2. The maximum absolute atomic E-state index is 12.0. The lowest BCUT2D eigenvalue weighted by Crippen LogP contribution is -2.30. The molecule has 2 aromatic rings. The highest BCUT2D eigenvalue weighted by molar-refractivity contribution is 5.91. The average molecular weight is 285 g/mol. The quantitative estimate of drug-likeness (QED) is 0.864. The molecular formula is C15H19N5O. The minimum atomic E-state index is -0.171. The van der Waals surface area contributed by atoms with Crippen LogP contribution >= 0.6 is 0 Å². The third-order valence-electron chi connectivity index (χ3n) is 3.65. The number of hydrogen-bond donors (Lipinski definition) is 2. The van der Waals surface area contributed by atoms with E-state index >= 15 is 0 Å². The number of carbonyl (C=O) groups excluding carboxylic acids is 1. The zero-order valence-electron chi connectivity index (χ0n) is 11.8. The van der Waals surface area contributed by atoms with Crippen LogP contribution in [-0.2, 0) is 0 Å². The van der Waals surface area contributed by atoms with Crippen LogP contribution in [-0.4, -0.2) is 40.0 Å². The Hall–Kier alpha value is -2.21. The fourth-order valence-electron chi connectivity index (χ4n) is 2.51. The second kappa shape index (κ2) is 6.49. The summed E-state index contributed by atoms with van der Waals surface area (Å²) in [6.07, 6.45) is 4.87. The van der Waals surface area contributed by atoms with Gasteiger partial charge in [-0.05, 0) is 37.9 Å². The zero-order valence-corrected chi connectivity index (χ0v) is 11.8. The third-order valence-corrected chi connectivity index (χ3v) is 3.65. The van der Waals surface area contributed by atoms with Crippen molar-refractivity contribution in [2.75, 3.05) is 13.1 Å². The number of nitrogens with zero attached hydrogens (tertiary/aromatic N) is 3. The average Bonchev–Trinajstić information content (AvgIpc) is 3.20. The van der Waals surface area contributed by atoms with Gasteiger partial charge in [0, 0.05) is 12.6 Å². The summed E-state index contributed by atoms with van der Waals surface area (Å²) in [5, 5.41) is 14.6. The van der Waals surface area contributed by atoms with E-state index in [1.165, 1.54) is 23.8 Å². The molecule has 1 aromatic heterocycles. The molecule has 6 nitrogen and oxygen atoms in total. The summed E-state index contributed by atoms with van der Waals surface area (Å²) in [6.45, 7) is 1.75. The van der Waals surface area contributed by atoms with Crippen molar-refractivity contribution in [3.8, 4) is 5.69 Å². The van der Waals surface area contributed by atoms with Crippen LogP contribution in [0, 0.1) is 0 Å². The molecule has 0 bridgehead atoms. The molecule has 0 saturated carbocycles. The Bertz CT molecular complexity index is 589. The largest absolute Gasteiger partial charge is 0.351 e. The molecule has 6 heteroatoms. The first kappa shape index (κ1) is 13.8. The van der Waals surface area contributed by atoms with Crippen molar-refractivity contribution >= 4 is 5.91 Å². The summed E-state index contributed by atoms with van der Waals surface area (Å²) in [4.78, 5) is 13.5. The number of aromatic nitrogens is 3. The van der Waals surface area contributed by atoms with Crippen molar-refractivity contribution in [2.45, 2.75) is 25.3 Å². The first-order chi connectivity index (χ1) is 10.3. The predicted octanol–water partition coefficient (Wildman–Crippen LogP) is 1.14. The Balaban J connectivity index is 1.54. The topological polar surface area (TPSA) is 71.8 Å². The van der Waals surface area contributed by atoms with E-state index in [-0.39, 0.29) is 5.91 Å². The van der Waals surface area contributed by atoms with Gasteiger partial charge in [-0.3, -0.25) is 4.79 Å². The monoisotopic (exact) mass is 285 g/mol. The standard InChI is InChI=1S/C15H19N5O/c21-15(17-10-8-12-5-4-9-16-12)14-11-18-20(19-14)13-6-2-1-3-7-13/h1-3,6-7,11-12,16H,4-5,8-10H2,(H,17,21)/t12-/m0/s1. The molecule has 1 amide bonds. The third kappa shape index (κ3) is 3.46. The van der Waals surface area contributed by atoms with Gasteiger partial charge >= 0.3 is 0 Å². The van der Waals surface area contributed by atoms with Gasteiger partial charge in [0.1, 0.15) is 0 Å². The minimum Gasteiger partial charge on any atom is -0.351 e. The van der Waals surface area contributed by atoms with Gasteiger partial charge in [-0.1, -0.05) is 18.2 Å². The second-order valence-corrected chi connectivity index (χ2v) is 5.19. The number of benzene rings is 1. The second-order valence-electron chi connectivity index (χ2n) is 5.19. The van der Waals surface area contributed by atoms with Gasteiger partial charge in [0.05, 0.1) is 11.9 Å². The Morgan fingerprint density at radius 1 is 1.38 bits per heavy atom. The lowest BCUT2D eigenvalue weighted by Gasteiger charge is -2.09. The van der Waals surface area contributed by atoms with Gasteiger partial charge in [-0.2, -0.15) is 9.90 Å². The Kier molecular flexibility index (Phi) is 4.25. The van der Waals surface area contributed by atoms with Crippen LogP contribution in [0.4, 0.5) is 0 Å². The Morgan fingerprint density at radius 2 is 2.24 bits per heavy atom. The number of carbonyl (C=O) groups is 1. The van der Waals surface area contributed by atoms with Crippen molar-refractivity contribution in [1.29, 1.82) is 0 Å². The highest BCUT2D eigenvalue weighted by Crippen LogP contribution is 2.08. The molecule has 0 unspecified atom stereocenters. The first-order valence-corrected chi connectivity index (χ1v) is 7.32. The van der Waals surface area contributed by atoms with Crippen molar-refractivity contribution in [1.82, 2.24) is 25.6 Å². The molecule has 21 heavy (non-hydrogen) atoms. The Labute approximate surface area is 123 Å². The van der Waals surface area contributed by atoms with Crippen LogP contribution in [0.5, 0.6) is 0 Å². The van der Waals surface area contributed by atoms with Crippen molar-refractivity contribution in [3.05, 3.63) is 42.2 Å². The predicted molar refractivity (Wildman–Crippen MR) is 79.3 cm³/mol. The molecule has 0 aliphatic carbocycles. The Morgan fingerprint density at radius 3 is 3.00 bits per heavy atom. The van der Waals surface area contributed by atoms with Gasteiger partial charge in [-0.25, -0.2) is 0 Å². The van der Waals surface area contributed by atoms with E-state index in [0.717, 1.165) is 18.7 Å². The molecule has 1 aromatic carbocycles. The van der Waals surface area contributed by atoms with Crippen LogP contribution in [0.15, 0.2) is 36.5 Å². The van der Waals surface area contributed by atoms with Crippen LogP contribution in [0.1, 0.15) is 29.8 Å². The maximum Gasteiger partial charge on any atom is 0.273 e. The maximum atomic E-state index is 12.0. The molecule has 3 rings (SSSR count). The van der Waals surface area contributed by atoms with Gasteiger partial charge in [0.25, 0.3) is 5.91 Å². The van der Waals surface area contributed by atoms with E-state index in [4.69, 9.17) is 0 Å². The van der Waals surface area contributed by atoms with Gasteiger partial charge in [-0.15, -0.1) is 5.10 Å². The summed E-state index contributed by atoms with van der Waals surface area (Å²) in [7, 11) is 0. The van der Waals surface area contributed by atoms with Crippen molar-refractivity contribution < 1.29 is 4.79 Å². The summed E-state index contributed by atoms with van der Waals surface area (Å²) < 4.78 is 0. The smallest absolute Gasteiger partial charge is 0.273 e. The van der Waals surface area contributed by atoms with E-state index in [1.807, 2.05) is 30.3 Å². The van der Waals surface area contributed by atoms with Gasteiger partial charge in [0.2, 0.25) is 0 Å². The van der Waals surface area contributed by atoms with Crippen molar-refractivity contribution in [3.63, 3.8) is 0 Å². The van der Waals surface area contributed by atoms with Gasteiger partial charge in [0.15, 0.2) is 5.69 Å². The molecule has 1 aliphatic heterocycles. The molecule has 0 radical (unpaired) electrons. The van der Waals surface area contributed by atoms with E-state index < -0.39 is 0 Å². The fraction of sp³-hybridized carbons (Fsp3) is 0.400. The molecule has 1 aliphatic rings. The SMILES string of the molecule is O=C(NCC[C@@H]1CCCN1)c1cnn(-c2ccccc2)n1. The summed E-state index contributed by atoms with van der Waals surface area (Å²) >= 11 is 0. The van der Waals surface area contributed by atoms with Crippen LogP contribution < -0.4 is 10.6 Å². The number of rotatable bonds is 5. The van der Waals surface area contributed by atoms with Crippen molar-refractivity contribution in [2.24, 2.45) is 0 Å². The molecule has 1 fully saturated rings. The molecule has 2 N–H and O–H groups in total. The molecule has 1 atom stereocenters. The lowest BCUT2D eigenvalue weighted by atomic mass is 10.1. The molecule has 0 spiro atoms. The number of amides is 1. The highest BCUT2D eigenvalue weighted by Gasteiger charge is 2.15. The van der Waals surface area contributed by atoms with Crippen LogP contribution in [0.2, 0.25) is 0 Å². The molecule has 110 valence electrons. The summed E-state index contributed by atoms with van der Waals surface area (Å²) in [5.41, 5.74) is 1.19. The van der Waals surface area contributed by atoms with Crippen LogP contribution in [0.25, 0.3) is 5.69 Å². The number of para-hydroxylation sites is 1. The number of nitrogens with one attached hydrogen (secondary N) is 2. The van der Waals surface area contributed by atoms with E-state index in [9.17, 15) is 4.79 Å². The van der Waals surface area contributed by atoms with E-state index in [0.29, 0.717) is 18.3 Å².